The topological polar surface area (TPSA) is 49.9 Å². The van der Waals surface area contributed by atoms with Crippen molar-refractivity contribution in [2.75, 3.05) is 5.75 Å². The molecule has 0 bridgehead atoms. The average Bonchev–Trinajstić information content (AvgIpc) is 3.38. The van der Waals surface area contributed by atoms with Crippen LogP contribution in [0.2, 0.25) is 0 Å². The van der Waals surface area contributed by atoms with Gasteiger partial charge in [-0.1, -0.05) is 36.4 Å². The Morgan fingerprint density at radius 3 is 2.64 bits per heavy atom. The smallest absolute Gasteiger partial charge is 0.157 e. The summed E-state index contributed by atoms with van der Waals surface area (Å²) >= 11 is 1.70. The molecule has 2 aromatic heterocycles. The van der Waals surface area contributed by atoms with Crippen LogP contribution < -0.4 is 0 Å². The number of fused-ring (bicyclic) bond motifs is 1. The zero-order chi connectivity index (χ0) is 19.1. The number of rotatable bonds is 3. The second-order valence-electron chi connectivity index (χ2n) is 7.50. The van der Waals surface area contributed by atoms with Gasteiger partial charge in [-0.15, -0.1) is 0 Å². The van der Waals surface area contributed by atoms with Gasteiger partial charge in [-0.2, -0.15) is 11.3 Å². The molecule has 0 aliphatic carbocycles. The zero-order valence-corrected chi connectivity index (χ0v) is 17.0. The molecule has 2 aromatic carbocycles. The molecule has 0 saturated carbocycles. The van der Waals surface area contributed by atoms with E-state index in [1.807, 2.05) is 30.3 Å². The van der Waals surface area contributed by atoms with Gasteiger partial charge in [0.2, 0.25) is 0 Å². The third-order valence-electron chi connectivity index (χ3n) is 5.86. The van der Waals surface area contributed by atoms with Crippen LogP contribution in [0.1, 0.15) is 35.1 Å². The zero-order valence-electron chi connectivity index (χ0n) is 15.3. The molecule has 1 fully saturated rings. The Bertz CT molecular complexity index is 1210. The van der Waals surface area contributed by atoms with Gasteiger partial charge in [0.15, 0.2) is 9.84 Å². The molecule has 1 aliphatic rings. The quantitative estimate of drug-likeness (QED) is 0.457. The van der Waals surface area contributed by atoms with Crippen molar-refractivity contribution in [2.24, 2.45) is 0 Å². The molecule has 5 rings (SSSR count). The van der Waals surface area contributed by atoms with Crippen LogP contribution in [-0.2, 0) is 9.84 Å². The van der Waals surface area contributed by atoms with Crippen LogP contribution in [0.3, 0.4) is 0 Å². The largest absolute Gasteiger partial charge is 0.361 e. The predicted molar refractivity (Wildman–Crippen MR) is 117 cm³/mol. The van der Waals surface area contributed by atoms with Crippen LogP contribution in [0.4, 0.5) is 0 Å². The van der Waals surface area contributed by atoms with Gasteiger partial charge in [-0.05, 0) is 70.0 Å². The molecule has 1 saturated heterocycles. The average molecular weight is 408 g/mol. The lowest BCUT2D eigenvalue weighted by Crippen LogP contribution is -2.26. The maximum absolute atomic E-state index is 12.8. The fourth-order valence-electron chi connectivity index (χ4n) is 4.35. The molecule has 0 spiro atoms. The second-order valence-corrected chi connectivity index (χ2v) is 10.6. The molecule has 0 radical (unpaired) electrons. The minimum atomic E-state index is -3.11. The summed E-state index contributed by atoms with van der Waals surface area (Å²) in [4.78, 5) is 3.39. The van der Waals surface area contributed by atoms with Crippen LogP contribution in [0, 0.1) is 0 Å². The highest BCUT2D eigenvalue weighted by molar-refractivity contribution is 7.91. The number of aromatic amines is 1. The number of sulfone groups is 1. The van der Waals surface area contributed by atoms with Gasteiger partial charge in [0, 0.05) is 17.1 Å². The SMILES string of the molecule is O=S1(=O)CC[C@H](c2c[nH]c3ccc(-c4ccsc4)cc23)C[C@@H]1c1ccccc1. The Morgan fingerprint density at radius 2 is 1.86 bits per heavy atom. The van der Waals surface area contributed by atoms with Crippen molar-refractivity contribution < 1.29 is 8.42 Å². The molecular formula is C23H21NO2S2. The van der Waals surface area contributed by atoms with Gasteiger partial charge in [0.25, 0.3) is 0 Å². The van der Waals surface area contributed by atoms with E-state index in [9.17, 15) is 8.42 Å². The first kappa shape index (κ1) is 17.7. The van der Waals surface area contributed by atoms with E-state index in [-0.39, 0.29) is 11.7 Å². The molecule has 0 unspecified atom stereocenters. The molecule has 1 N–H and O–H groups in total. The summed E-state index contributed by atoms with van der Waals surface area (Å²) in [6.07, 6.45) is 3.40. The monoisotopic (exact) mass is 407 g/mol. The fourth-order valence-corrected chi connectivity index (χ4v) is 7.01. The van der Waals surface area contributed by atoms with Crippen LogP contribution in [0.5, 0.6) is 0 Å². The molecule has 28 heavy (non-hydrogen) atoms. The Hall–Kier alpha value is -2.37. The summed E-state index contributed by atoms with van der Waals surface area (Å²) < 4.78 is 25.5. The highest BCUT2D eigenvalue weighted by Crippen LogP contribution is 2.43. The molecule has 3 heterocycles. The first-order chi connectivity index (χ1) is 13.6. The number of H-pyrrole nitrogens is 1. The van der Waals surface area contributed by atoms with Crippen LogP contribution in [-0.4, -0.2) is 19.2 Å². The van der Waals surface area contributed by atoms with Crippen LogP contribution in [0.25, 0.3) is 22.0 Å². The number of thiophene rings is 1. The van der Waals surface area contributed by atoms with Crippen molar-refractivity contribution in [1.29, 1.82) is 0 Å². The Morgan fingerprint density at radius 1 is 1.00 bits per heavy atom. The summed E-state index contributed by atoms with van der Waals surface area (Å²) in [6.45, 7) is 0. The highest BCUT2D eigenvalue weighted by Gasteiger charge is 2.36. The number of aromatic nitrogens is 1. The fraction of sp³-hybridized carbons (Fsp3) is 0.217. The summed E-state index contributed by atoms with van der Waals surface area (Å²) in [6, 6.07) is 18.3. The minimum absolute atomic E-state index is 0.236. The first-order valence-electron chi connectivity index (χ1n) is 9.52. The van der Waals surface area contributed by atoms with E-state index < -0.39 is 15.1 Å². The first-order valence-corrected chi connectivity index (χ1v) is 12.2. The van der Waals surface area contributed by atoms with Crippen LogP contribution in [0.15, 0.2) is 71.6 Å². The normalized spacial score (nSPS) is 21.7. The molecule has 3 nitrogen and oxygen atoms in total. The Labute approximate surface area is 169 Å². The van der Waals surface area contributed by atoms with E-state index in [2.05, 4.69) is 46.2 Å². The van der Waals surface area contributed by atoms with Crippen molar-refractivity contribution >= 4 is 32.1 Å². The molecule has 142 valence electrons. The van der Waals surface area contributed by atoms with Gasteiger partial charge in [-0.25, -0.2) is 8.42 Å². The molecule has 0 amide bonds. The minimum Gasteiger partial charge on any atom is -0.361 e. The number of hydrogen-bond acceptors (Lipinski definition) is 3. The van der Waals surface area contributed by atoms with Crippen molar-refractivity contribution in [3.8, 4) is 11.1 Å². The predicted octanol–water partition coefficient (Wildman–Crippen LogP) is 5.93. The number of hydrogen-bond donors (Lipinski definition) is 1. The van der Waals surface area contributed by atoms with E-state index in [0.717, 1.165) is 11.1 Å². The van der Waals surface area contributed by atoms with E-state index in [4.69, 9.17) is 0 Å². The van der Waals surface area contributed by atoms with Gasteiger partial charge in [0.05, 0.1) is 11.0 Å². The van der Waals surface area contributed by atoms with Gasteiger partial charge in [-0.3, -0.25) is 0 Å². The second kappa shape index (κ2) is 6.90. The molecular weight excluding hydrogens is 386 g/mol. The van der Waals surface area contributed by atoms with Crippen molar-refractivity contribution in [2.45, 2.75) is 24.0 Å². The summed E-state index contributed by atoms with van der Waals surface area (Å²) in [7, 11) is -3.11. The number of benzene rings is 2. The third-order valence-corrected chi connectivity index (χ3v) is 8.68. The molecule has 4 aromatic rings. The summed E-state index contributed by atoms with van der Waals surface area (Å²) in [5.74, 6) is 0.480. The summed E-state index contributed by atoms with van der Waals surface area (Å²) in [5.41, 5.74) is 5.69. The molecule has 5 heteroatoms. The van der Waals surface area contributed by atoms with E-state index in [1.165, 1.54) is 22.1 Å². The van der Waals surface area contributed by atoms with Gasteiger partial charge in [0.1, 0.15) is 0 Å². The lowest BCUT2D eigenvalue weighted by atomic mass is 9.88. The third kappa shape index (κ3) is 3.09. The van der Waals surface area contributed by atoms with E-state index in [0.29, 0.717) is 12.8 Å². The Balaban J connectivity index is 1.54. The Kier molecular flexibility index (Phi) is 4.37. The summed E-state index contributed by atoms with van der Waals surface area (Å²) in [5, 5.41) is 5.04. The maximum atomic E-state index is 12.8. The van der Waals surface area contributed by atoms with Crippen molar-refractivity contribution in [3.05, 3.63) is 82.7 Å². The van der Waals surface area contributed by atoms with E-state index >= 15 is 0 Å². The molecule has 1 aliphatic heterocycles. The lowest BCUT2D eigenvalue weighted by molar-refractivity contribution is 0.513. The highest BCUT2D eigenvalue weighted by atomic mass is 32.2. The van der Waals surface area contributed by atoms with Gasteiger partial charge >= 0.3 is 0 Å². The van der Waals surface area contributed by atoms with Gasteiger partial charge < -0.3 is 4.98 Å². The molecule has 2 atom stereocenters. The van der Waals surface area contributed by atoms with Crippen LogP contribution >= 0.6 is 11.3 Å². The standard InChI is InChI=1S/C23H21NO2S2/c25-28(26)11-9-18(13-23(28)16-4-2-1-3-5-16)21-14-24-22-7-6-17(12-20(21)22)19-8-10-27-15-19/h1-8,10,12,14-15,18,23-24H,9,11,13H2/t18-,23+/m0/s1. The maximum Gasteiger partial charge on any atom is 0.157 e. The number of nitrogens with one attached hydrogen (secondary N) is 1. The van der Waals surface area contributed by atoms with Crippen molar-refractivity contribution in [3.63, 3.8) is 0 Å². The van der Waals surface area contributed by atoms with E-state index in [1.54, 1.807) is 11.3 Å². The van der Waals surface area contributed by atoms with Crippen molar-refractivity contribution in [1.82, 2.24) is 4.98 Å². The lowest BCUT2D eigenvalue weighted by Gasteiger charge is -2.29.